The number of rotatable bonds is 3. The van der Waals surface area contributed by atoms with Gasteiger partial charge in [0.15, 0.2) is 0 Å². The molecule has 1 aliphatic heterocycles. The van der Waals surface area contributed by atoms with Crippen LogP contribution >= 0.6 is 0 Å². The first-order valence-corrected chi connectivity index (χ1v) is 5.78. The quantitative estimate of drug-likeness (QED) is 0.541. The number of ether oxygens (including phenoxy) is 1. The lowest BCUT2D eigenvalue weighted by atomic mass is 10.2. The van der Waals surface area contributed by atoms with Gasteiger partial charge in [-0.2, -0.15) is 0 Å². The maximum Gasteiger partial charge on any atom is 0.0642 e. The molecular formula is C13H22N2O. The smallest absolute Gasteiger partial charge is 0.0642 e. The van der Waals surface area contributed by atoms with E-state index in [2.05, 4.69) is 29.1 Å². The van der Waals surface area contributed by atoms with E-state index in [0.717, 1.165) is 37.7 Å². The molecule has 0 aliphatic carbocycles. The minimum Gasteiger partial charge on any atom is -0.378 e. The molecule has 1 aliphatic rings. The van der Waals surface area contributed by atoms with Crippen LogP contribution in [0.1, 0.15) is 27.7 Å². The zero-order chi connectivity index (χ0) is 12.0. The average molecular weight is 222 g/mol. The summed E-state index contributed by atoms with van der Waals surface area (Å²) in [7, 11) is 0. The Labute approximate surface area is 98.5 Å². The standard InChI is InChI=1S/C13H22N2O/c1-11(2)14-13(4)9-12(3)10-15-5-7-16-8-6-15/h9-10H,5-8H2,1-4H3/b12-10+,13-9-. The summed E-state index contributed by atoms with van der Waals surface area (Å²) in [4.78, 5) is 6.70. The highest BCUT2D eigenvalue weighted by Gasteiger charge is 2.05. The summed E-state index contributed by atoms with van der Waals surface area (Å²) in [5, 5.41) is 0. The molecule has 0 spiro atoms. The molecule has 0 amide bonds. The summed E-state index contributed by atoms with van der Waals surface area (Å²) in [5.41, 5.74) is 3.39. The van der Waals surface area contributed by atoms with Gasteiger partial charge in [-0.3, -0.25) is 4.99 Å². The lowest BCUT2D eigenvalue weighted by molar-refractivity contribution is 0.0591. The van der Waals surface area contributed by atoms with Gasteiger partial charge in [-0.1, -0.05) is 0 Å². The summed E-state index contributed by atoms with van der Waals surface area (Å²) in [5.74, 6) is 0. The molecule has 0 atom stereocenters. The van der Waals surface area contributed by atoms with E-state index in [1.54, 1.807) is 0 Å². The second-order valence-corrected chi connectivity index (χ2v) is 4.37. The van der Waals surface area contributed by atoms with Crippen LogP contribution in [0.15, 0.2) is 28.5 Å². The van der Waals surface area contributed by atoms with Gasteiger partial charge < -0.3 is 9.64 Å². The largest absolute Gasteiger partial charge is 0.378 e. The van der Waals surface area contributed by atoms with E-state index in [1.165, 1.54) is 5.57 Å². The number of nitrogens with zero attached hydrogens (tertiary/aromatic N) is 2. The first-order chi connectivity index (χ1) is 7.58. The number of hydrogen-bond acceptors (Lipinski definition) is 3. The topological polar surface area (TPSA) is 24.8 Å². The molecule has 1 heterocycles. The third-order valence-corrected chi connectivity index (χ3v) is 2.27. The van der Waals surface area contributed by atoms with Crippen LogP contribution in [0.25, 0.3) is 0 Å². The van der Waals surface area contributed by atoms with E-state index in [-0.39, 0.29) is 0 Å². The molecule has 1 saturated heterocycles. The summed E-state index contributed by atoms with van der Waals surface area (Å²) in [6.07, 6.45) is 4.30. The maximum absolute atomic E-state index is 5.31. The predicted molar refractivity (Wildman–Crippen MR) is 68.7 cm³/mol. The molecule has 0 bridgehead atoms. The third kappa shape index (κ3) is 5.12. The van der Waals surface area contributed by atoms with Crippen LogP contribution in [-0.2, 0) is 4.74 Å². The van der Waals surface area contributed by atoms with Crippen LogP contribution < -0.4 is 0 Å². The number of hydrogen-bond donors (Lipinski definition) is 0. The Hall–Kier alpha value is -1.09. The molecule has 1 fully saturated rings. The average Bonchev–Trinajstić information content (AvgIpc) is 2.17. The minimum absolute atomic E-state index is 0.832. The van der Waals surface area contributed by atoms with Gasteiger partial charge in [0.2, 0.25) is 0 Å². The Bertz CT molecular complexity index is 306. The van der Waals surface area contributed by atoms with E-state index in [0.29, 0.717) is 0 Å². The minimum atomic E-state index is 0.832. The van der Waals surface area contributed by atoms with E-state index < -0.39 is 0 Å². The Morgan fingerprint density at radius 3 is 2.31 bits per heavy atom. The molecule has 0 N–H and O–H groups in total. The number of allylic oxidation sites excluding steroid dienone is 3. The fourth-order valence-corrected chi connectivity index (χ4v) is 1.75. The normalized spacial score (nSPS) is 18.6. The molecule has 0 radical (unpaired) electrons. The Morgan fingerprint density at radius 1 is 1.12 bits per heavy atom. The molecule has 3 nitrogen and oxygen atoms in total. The lowest BCUT2D eigenvalue weighted by Crippen LogP contribution is -2.32. The second kappa shape index (κ2) is 6.48. The van der Waals surface area contributed by atoms with Crippen molar-refractivity contribution in [2.45, 2.75) is 27.7 Å². The van der Waals surface area contributed by atoms with Crippen molar-refractivity contribution in [1.29, 1.82) is 0 Å². The highest BCUT2D eigenvalue weighted by atomic mass is 16.5. The Kier molecular flexibility index (Phi) is 5.26. The molecule has 16 heavy (non-hydrogen) atoms. The first-order valence-electron chi connectivity index (χ1n) is 5.78. The molecule has 0 aromatic heterocycles. The van der Waals surface area contributed by atoms with Crippen molar-refractivity contribution in [2.24, 2.45) is 4.99 Å². The molecule has 0 unspecified atom stereocenters. The fraction of sp³-hybridized carbons (Fsp3) is 0.615. The number of aliphatic imine (C=N–C) groups is 1. The highest BCUT2D eigenvalue weighted by Crippen LogP contribution is 2.06. The molecule has 0 aromatic carbocycles. The second-order valence-electron chi connectivity index (χ2n) is 4.37. The summed E-state index contributed by atoms with van der Waals surface area (Å²) >= 11 is 0. The van der Waals surface area contributed by atoms with Crippen LogP contribution in [0.5, 0.6) is 0 Å². The Balaban J connectivity index is 2.58. The maximum atomic E-state index is 5.31. The van der Waals surface area contributed by atoms with Crippen LogP contribution in [0.2, 0.25) is 0 Å². The van der Waals surface area contributed by atoms with Crippen LogP contribution in [0.3, 0.4) is 0 Å². The lowest BCUT2D eigenvalue weighted by Gasteiger charge is -2.25. The van der Waals surface area contributed by atoms with Crippen molar-refractivity contribution in [3.8, 4) is 0 Å². The van der Waals surface area contributed by atoms with Crippen molar-refractivity contribution in [1.82, 2.24) is 4.90 Å². The van der Waals surface area contributed by atoms with Crippen molar-refractivity contribution < 1.29 is 4.74 Å². The zero-order valence-electron chi connectivity index (χ0n) is 10.8. The van der Waals surface area contributed by atoms with E-state index >= 15 is 0 Å². The van der Waals surface area contributed by atoms with Gasteiger partial charge in [0, 0.05) is 30.7 Å². The van der Waals surface area contributed by atoms with Gasteiger partial charge in [-0.05, 0) is 39.3 Å². The van der Waals surface area contributed by atoms with Crippen molar-refractivity contribution in [2.75, 3.05) is 26.3 Å². The molecule has 90 valence electrons. The van der Waals surface area contributed by atoms with Gasteiger partial charge in [0.1, 0.15) is 0 Å². The summed E-state index contributed by atoms with van der Waals surface area (Å²) in [6.45, 7) is 11.8. The van der Waals surface area contributed by atoms with Crippen molar-refractivity contribution in [3.05, 3.63) is 23.5 Å². The third-order valence-electron chi connectivity index (χ3n) is 2.27. The van der Waals surface area contributed by atoms with Gasteiger partial charge in [0.25, 0.3) is 0 Å². The highest BCUT2D eigenvalue weighted by molar-refractivity contribution is 5.80. The fourth-order valence-electron chi connectivity index (χ4n) is 1.75. The van der Waals surface area contributed by atoms with Crippen LogP contribution in [-0.4, -0.2) is 36.9 Å². The molecular weight excluding hydrogens is 200 g/mol. The molecule has 3 heteroatoms. The first kappa shape index (κ1) is 13.0. The SMILES string of the molecule is CC(C)=N/C(C)=C\C(C)=C\N1CCOCC1. The van der Waals surface area contributed by atoms with Gasteiger partial charge >= 0.3 is 0 Å². The Morgan fingerprint density at radius 2 is 1.75 bits per heavy atom. The zero-order valence-corrected chi connectivity index (χ0v) is 10.8. The van der Waals surface area contributed by atoms with Crippen molar-refractivity contribution in [3.63, 3.8) is 0 Å². The predicted octanol–water partition coefficient (Wildman–Crippen LogP) is 2.61. The van der Waals surface area contributed by atoms with E-state index in [1.807, 2.05) is 20.8 Å². The molecule has 0 saturated carbocycles. The summed E-state index contributed by atoms with van der Waals surface area (Å²) in [6, 6.07) is 0. The molecule has 1 rings (SSSR count). The van der Waals surface area contributed by atoms with Gasteiger partial charge in [-0.25, -0.2) is 0 Å². The van der Waals surface area contributed by atoms with Crippen LogP contribution in [0, 0.1) is 0 Å². The molecule has 0 aromatic rings. The van der Waals surface area contributed by atoms with Crippen molar-refractivity contribution >= 4 is 5.71 Å². The van der Waals surface area contributed by atoms with Crippen LogP contribution in [0.4, 0.5) is 0 Å². The summed E-state index contributed by atoms with van der Waals surface area (Å²) < 4.78 is 5.31. The number of morpholine rings is 1. The van der Waals surface area contributed by atoms with E-state index in [9.17, 15) is 0 Å². The monoisotopic (exact) mass is 222 g/mol. The van der Waals surface area contributed by atoms with Gasteiger partial charge in [-0.15, -0.1) is 0 Å². The van der Waals surface area contributed by atoms with E-state index in [4.69, 9.17) is 4.74 Å². The van der Waals surface area contributed by atoms with Gasteiger partial charge in [0.05, 0.1) is 13.2 Å².